The molecule has 2 N–H and O–H groups in total. The van der Waals surface area contributed by atoms with E-state index in [2.05, 4.69) is 36.4 Å². The summed E-state index contributed by atoms with van der Waals surface area (Å²) in [6.45, 7) is 7.17. The lowest BCUT2D eigenvalue weighted by atomic mass is 10.0. The fraction of sp³-hybridized carbons (Fsp3) is 0.933. The summed E-state index contributed by atoms with van der Waals surface area (Å²) in [6, 6.07) is 1.30. The first-order chi connectivity index (χ1) is 9.63. The molecule has 1 amide bonds. The van der Waals surface area contributed by atoms with Gasteiger partial charge in [0.25, 0.3) is 0 Å². The molecule has 3 unspecified atom stereocenters. The van der Waals surface area contributed by atoms with Crippen LogP contribution in [-0.4, -0.2) is 62.3 Å². The van der Waals surface area contributed by atoms with E-state index < -0.39 is 0 Å². The summed E-state index contributed by atoms with van der Waals surface area (Å²) >= 11 is 0. The monoisotopic (exact) mass is 283 g/mol. The first-order valence-corrected chi connectivity index (χ1v) is 7.94. The molecule has 0 radical (unpaired) electrons. The summed E-state index contributed by atoms with van der Waals surface area (Å²) in [6.07, 6.45) is 3.68. The predicted octanol–water partition coefficient (Wildman–Crippen LogP) is 0.600. The average molecular weight is 283 g/mol. The molecule has 1 saturated heterocycles. The van der Waals surface area contributed by atoms with E-state index in [9.17, 15) is 4.79 Å². The van der Waals surface area contributed by atoms with Gasteiger partial charge in [0, 0.05) is 24.7 Å². The summed E-state index contributed by atoms with van der Waals surface area (Å²) < 4.78 is 5.46. The second kappa shape index (κ2) is 7.38. The van der Waals surface area contributed by atoms with Crippen molar-refractivity contribution in [2.45, 2.75) is 51.2 Å². The maximum atomic E-state index is 12.3. The molecule has 1 aliphatic carbocycles. The van der Waals surface area contributed by atoms with Crippen LogP contribution in [0, 0.1) is 5.92 Å². The third-order valence-corrected chi connectivity index (χ3v) is 4.46. The Balaban J connectivity index is 1.72. The molecule has 1 heterocycles. The number of hydrogen-bond donors (Lipinski definition) is 2. The molecule has 116 valence electrons. The third kappa shape index (κ3) is 4.17. The van der Waals surface area contributed by atoms with Crippen LogP contribution >= 0.6 is 0 Å². The van der Waals surface area contributed by atoms with Crippen molar-refractivity contribution in [2.75, 3.05) is 33.4 Å². The molecule has 20 heavy (non-hydrogen) atoms. The van der Waals surface area contributed by atoms with Crippen molar-refractivity contribution in [3.05, 3.63) is 0 Å². The van der Waals surface area contributed by atoms with E-state index in [-0.39, 0.29) is 17.9 Å². The molecule has 2 aliphatic rings. The molecule has 2 fully saturated rings. The van der Waals surface area contributed by atoms with Gasteiger partial charge >= 0.3 is 0 Å². The second-order valence-corrected chi connectivity index (χ2v) is 6.20. The van der Waals surface area contributed by atoms with Gasteiger partial charge in [0.05, 0.1) is 19.1 Å². The lowest BCUT2D eigenvalue weighted by molar-refractivity contribution is -0.125. The van der Waals surface area contributed by atoms with Gasteiger partial charge in [-0.05, 0) is 39.8 Å². The molecule has 0 spiro atoms. The highest BCUT2D eigenvalue weighted by Crippen LogP contribution is 2.26. The smallest absolute Gasteiger partial charge is 0.227 e. The van der Waals surface area contributed by atoms with Crippen LogP contribution in [0.25, 0.3) is 0 Å². The molecule has 0 bridgehead atoms. The van der Waals surface area contributed by atoms with E-state index in [0.717, 1.165) is 25.6 Å². The molecular formula is C15H29N3O2. The lowest BCUT2D eigenvalue weighted by Crippen LogP contribution is -2.47. The van der Waals surface area contributed by atoms with E-state index in [0.29, 0.717) is 19.3 Å². The van der Waals surface area contributed by atoms with Crippen LogP contribution in [0.1, 0.15) is 33.1 Å². The molecular weight excluding hydrogens is 254 g/mol. The molecule has 0 aromatic carbocycles. The van der Waals surface area contributed by atoms with E-state index in [1.807, 2.05) is 0 Å². The van der Waals surface area contributed by atoms with Crippen molar-refractivity contribution in [1.29, 1.82) is 0 Å². The summed E-state index contributed by atoms with van der Waals surface area (Å²) in [5.74, 6) is 0.0899. The molecule has 0 aromatic rings. The molecule has 3 atom stereocenters. The fourth-order valence-electron chi connectivity index (χ4n) is 2.71. The van der Waals surface area contributed by atoms with Gasteiger partial charge in [-0.2, -0.15) is 0 Å². The number of carbonyl (C=O) groups excluding carboxylic acids is 1. The minimum Gasteiger partial charge on any atom is -0.379 e. The minimum absolute atomic E-state index is 0.0417. The van der Waals surface area contributed by atoms with Crippen LogP contribution in [0.15, 0.2) is 0 Å². The van der Waals surface area contributed by atoms with Crippen molar-refractivity contribution >= 4 is 5.91 Å². The van der Waals surface area contributed by atoms with Crippen LogP contribution in [0.3, 0.4) is 0 Å². The van der Waals surface area contributed by atoms with Crippen LogP contribution in [0.5, 0.6) is 0 Å². The summed E-state index contributed by atoms with van der Waals surface area (Å²) in [5, 5.41) is 6.50. The van der Waals surface area contributed by atoms with Gasteiger partial charge < -0.3 is 15.4 Å². The predicted molar refractivity (Wildman–Crippen MR) is 79.6 cm³/mol. The van der Waals surface area contributed by atoms with Crippen molar-refractivity contribution in [2.24, 2.45) is 5.92 Å². The van der Waals surface area contributed by atoms with Gasteiger partial charge in [0.1, 0.15) is 0 Å². The Hall–Kier alpha value is -0.650. The number of rotatable bonds is 8. The van der Waals surface area contributed by atoms with E-state index in [1.54, 1.807) is 0 Å². The first-order valence-electron chi connectivity index (χ1n) is 7.94. The second-order valence-electron chi connectivity index (χ2n) is 6.20. The normalized spacial score (nSPS) is 27.8. The van der Waals surface area contributed by atoms with E-state index >= 15 is 0 Å². The third-order valence-electron chi connectivity index (χ3n) is 4.46. The van der Waals surface area contributed by atoms with Gasteiger partial charge in [-0.3, -0.25) is 9.69 Å². The Labute approximate surface area is 122 Å². The highest BCUT2D eigenvalue weighted by atomic mass is 16.5. The Morgan fingerprint density at radius 2 is 2.15 bits per heavy atom. The van der Waals surface area contributed by atoms with Gasteiger partial charge in [0.2, 0.25) is 5.91 Å². The highest BCUT2D eigenvalue weighted by molar-refractivity contribution is 5.79. The molecule has 1 aliphatic heterocycles. The number of hydrogen-bond acceptors (Lipinski definition) is 4. The SMILES string of the molecule is CCCNC1COCC1C(=O)NCC(C)N(C)C1CC1. The summed E-state index contributed by atoms with van der Waals surface area (Å²) in [4.78, 5) is 14.7. The van der Waals surface area contributed by atoms with Gasteiger partial charge in [-0.1, -0.05) is 6.92 Å². The Morgan fingerprint density at radius 3 is 2.80 bits per heavy atom. The van der Waals surface area contributed by atoms with E-state index in [4.69, 9.17) is 4.74 Å². The zero-order chi connectivity index (χ0) is 14.5. The average Bonchev–Trinajstić information content (AvgIpc) is 3.19. The Bertz CT molecular complexity index is 320. The van der Waals surface area contributed by atoms with Crippen molar-refractivity contribution in [3.63, 3.8) is 0 Å². The van der Waals surface area contributed by atoms with Crippen molar-refractivity contribution in [1.82, 2.24) is 15.5 Å². The van der Waals surface area contributed by atoms with Crippen molar-refractivity contribution in [3.8, 4) is 0 Å². The van der Waals surface area contributed by atoms with Crippen LogP contribution < -0.4 is 10.6 Å². The Kier molecular flexibility index (Phi) is 5.81. The zero-order valence-electron chi connectivity index (χ0n) is 13.0. The number of likely N-dealkylation sites (N-methyl/N-ethyl adjacent to an activating group) is 1. The molecule has 5 nitrogen and oxygen atoms in total. The number of amides is 1. The standard InChI is InChI=1S/C15H29N3O2/c1-4-7-16-14-10-20-9-13(14)15(19)17-8-11(2)18(3)12-5-6-12/h11-14,16H,4-10H2,1-3H3,(H,17,19). The van der Waals surface area contributed by atoms with Crippen LogP contribution in [-0.2, 0) is 9.53 Å². The maximum Gasteiger partial charge on any atom is 0.227 e. The number of ether oxygens (including phenoxy) is 1. The molecule has 5 heteroatoms. The quantitative estimate of drug-likeness (QED) is 0.685. The molecule has 1 saturated carbocycles. The van der Waals surface area contributed by atoms with Gasteiger partial charge in [-0.25, -0.2) is 0 Å². The number of carbonyl (C=O) groups is 1. The van der Waals surface area contributed by atoms with Gasteiger partial charge in [0.15, 0.2) is 0 Å². The van der Waals surface area contributed by atoms with Crippen LogP contribution in [0.4, 0.5) is 0 Å². The van der Waals surface area contributed by atoms with E-state index in [1.165, 1.54) is 12.8 Å². The largest absolute Gasteiger partial charge is 0.379 e. The zero-order valence-corrected chi connectivity index (χ0v) is 13.0. The van der Waals surface area contributed by atoms with Crippen LogP contribution in [0.2, 0.25) is 0 Å². The minimum atomic E-state index is -0.0417. The topological polar surface area (TPSA) is 53.6 Å². The maximum absolute atomic E-state index is 12.3. The molecule has 2 rings (SSSR count). The van der Waals surface area contributed by atoms with Gasteiger partial charge in [-0.15, -0.1) is 0 Å². The Morgan fingerprint density at radius 1 is 1.40 bits per heavy atom. The summed E-state index contributed by atoms with van der Waals surface area (Å²) in [5.41, 5.74) is 0. The number of nitrogens with one attached hydrogen (secondary N) is 2. The summed E-state index contributed by atoms with van der Waals surface area (Å²) in [7, 11) is 2.15. The fourth-order valence-corrected chi connectivity index (χ4v) is 2.71. The molecule has 0 aromatic heterocycles. The highest BCUT2D eigenvalue weighted by Gasteiger charge is 2.34. The van der Waals surface area contributed by atoms with Crippen molar-refractivity contribution < 1.29 is 9.53 Å². The number of nitrogens with zero attached hydrogens (tertiary/aromatic N) is 1. The first kappa shape index (κ1) is 15.7. The lowest BCUT2D eigenvalue weighted by Gasteiger charge is -2.26.